The van der Waals surface area contributed by atoms with Crippen molar-refractivity contribution in [3.63, 3.8) is 0 Å². The SMILES string of the molecule is C1CCCC1.[C-]#[O+].[C-]#[O+].[Re].c1cc[c]([Sn]([c]2ccccc2)[c]2ccccc2)cc1.c1cc[c]([Sn]([c]2ccccc2)[c]2ccccc2)cc1. The monoisotopic (exact) mass is 1020 g/mol. The fourth-order valence-corrected chi connectivity index (χ4v) is 20.2. The Kier molecular flexibility index (Phi) is 22.3. The van der Waals surface area contributed by atoms with Gasteiger partial charge >= 0.3 is 266 Å². The maximum atomic E-state index is 7.50. The van der Waals surface area contributed by atoms with Crippen LogP contribution >= 0.6 is 0 Å². The fraction of sp³-hybridized carbons (Fsp3) is 0.116. The van der Waals surface area contributed by atoms with Crippen LogP contribution in [0.25, 0.3) is 0 Å². The maximum absolute atomic E-state index is 7.50. The summed E-state index contributed by atoms with van der Waals surface area (Å²) in [5.74, 6) is 0. The zero-order valence-corrected chi connectivity index (χ0v) is 35.5. The van der Waals surface area contributed by atoms with E-state index in [0.29, 0.717) is 0 Å². The summed E-state index contributed by atoms with van der Waals surface area (Å²) in [5.41, 5.74) is 0. The third kappa shape index (κ3) is 13.9. The Morgan fingerprint density at radius 1 is 0.271 bits per heavy atom. The topological polar surface area (TPSA) is 39.8 Å². The summed E-state index contributed by atoms with van der Waals surface area (Å²) in [6, 6.07) is 65.9. The van der Waals surface area contributed by atoms with Gasteiger partial charge < -0.3 is 0 Å². The molecule has 1 aliphatic rings. The molecule has 0 unspecified atom stereocenters. The normalized spacial score (nSPS) is 11.0. The van der Waals surface area contributed by atoms with Crippen LogP contribution in [0.2, 0.25) is 0 Å². The Morgan fingerprint density at radius 3 is 0.521 bits per heavy atom. The van der Waals surface area contributed by atoms with Crippen LogP contribution in [0.1, 0.15) is 32.1 Å². The van der Waals surface area contributed by atoms with Crippen LogP contribution in [-0.2, 0) is 29.7 Å². The molecule has 1 fully saturated rings. The average molecular weight is 1010 g/mol. The van der Waals surface area contributed by atoms with E-state index in [0.717, 1.165) is 0 Å². The van der Waals surface area contributed by atoms with Crippen LogP contribution in [0, 0.1) is 13.3 Å². The van der Waals surface area contributed by atoms with Gasteiger partial charge in [-0.2, -0.15) is 0 Å². The molecule has 0 bridgehead atoms. The van der Waals surface area contributed by atoms with Crippen LogP contribution in [-0.4, -0.2) is 39.5 Å². The summed E-state index contributed by atoms with van der Waals surface area (Å²) in [5, 5.41) is 0. The van der Waals surface area contributed by atoms with Crippen molar-refractivity contribution >= 4 is 61.0 Å². The van der Waals surface area contributed by atoms with Crippen LogP contribution in [0.15, 0.2) is 182 Å². The van der Waals surface area contributed by atoms with Gasteiger partial charge in [0.1, 0.15) is 0 Å². The summed E-state index contributed by atoms with van der Waals surface area (Å²) >= 11 is -3.96. The zero-order valence-electron chi connectivity index (χ0n) is 27.1. The van der Waals surface area contributed by atoms with Crippen molar-refractivity contribution in [3.8, 4) is 0 Å². The fourth-order valence-electron chi connectivity index (χ4n) is 5.51. The quantitative estimate of drug-likeness (QED) is 0.107. The zero-order chi connectivity index (χ0) is 33.4. The van der Waals surface area contributed by atoms with Crippen LogP contribution in [0.5, 0.6) is 0 Å². The van der Waals surface area contributed by atoms with E-state index in [1.807, 2.05) is 0 Å². The van der Waals surface area contributed by atoms with Crippen LogP contribution in [0.3, 0.4) is 0 Å². The first-order valence-corrected chi connectivity index (χ1v) is 24.4. The van der Waals surface area contributed by atoms with Gasteiger partial charge in [-0.25, -0.2) is 0 Å². The van der Waals surface area contributed by atoms with Crippen molar-refractivity contribution in [3.05, 3.63) is 195 Å². The number of hydrogen-bond donors (Lipinski definition) is 0. The first-order valence-electron chi connectivity index (χ1n) is 15.9. The number of hydrogen-bond acceptors (Lipinski definition) is 0. The van der Waals surface area contributed by atoms with Gasteiger partial charge in [-0.15, -0.1) is 0 Å². The molecule has 0 saturated heterocycles. The number of rotatable bonds is 6. The second-order valence-corrected chi connectivity index (χ2v) is 24.9. The molecular formula is C43H40O2ReSn2. The van der Waals surface area contributed by atoms with Gasteiger partial charge in [0.25, 0.3) is 0 Å². The molecule has 2 nitrogen and oxygen atoms in total. The second-order valence-electron chi connectivity index (χ2n) is 10.7. The molecule has 6 aromatic carbocycles. The molecule has 48 heavy (non-hydrogen) atoms. The second kappa shape index (κ2) is 26.0. The molecule has 1 saturated carbocycles. The van der Waals surface area contributed by atoms with Gasteiger partial charge in [0.05, 0.1) is 0 Å². The summed E-state index contributed by atoms with van der Waals surface area (Å²) in [6.07, 6.45) is 7.50. The van der Waals surface area contributed by atoms with Gasteiger partial charge in [0.2, 0.25) is 0 Å². The molecule has 0 N–H and O–H groups in total. The van der Waals surface area contributed by atoms with Crippen LogP contribution < -0.4 is 21.5 Å². The standard InChI is InChI=1S/6C6H5.C5H10.2CO.Re.2Sn/c6*1-2-4-6-5-3-1;1-2-4-5-3-1;2*1-2;;;/h6*1-5H;1-5H2;;;;;. The Bertz CT molecular complexity index is 1340. The van der Waals surface area contributed by atoms with Crippen molar-refractivity contribution in [2.45, 2.75) is 32.1 Å². The van der Waals surface area contributed by atoms with E-state index < -0.39 is 39.5 Å². The average Bonchev–Trinajstić information content (AvgIpc) is 3.78. The molecule has 239 valence electrons. The third-order valence-electron chi connectivity index (χ3n) is 7.62. The summed E-state index contributed by atoms with van der Waals surface area (Å²) in [6.45, 7) is 9.00. The Morgan fingerprint density at radius 2 is 0.396 bits per heavy atom. The molecule has 0 heterocycles. The molecule has 3 radical (unpaired) electrons. The van der Waals surface area contributed by atoms with Gasteiger partial charge in [0, 0.05) is 20.4 Å². The first kappa shape index (κ1) is 41.2. The summed E-state index contributed by atoms with van der Waals surface area (Å²) in [4.78, 5) is 0. The molecule has 0 atom stereocenters. The molecule has 0 spiro atoms. The van der Waals surface area contributed by atoms with Crippen molar-refractivity contribution in [2.24, 2.45) is 0 Å². The molecule has 1 aliphatic carbocycles. The van der Waals surface area contributed by atoms with Gasteiger partial charge in [-0.05, 0) is 0 Å². The minimum atomic E-state index is -1.98. The van der Waals surface area contributed by atoms with Crippen molar-refractivity contribution in [2.75, 3.05) is 0 Å². The van der Waals surface area contributed by atoms with Crippen molar-refractivity contribution < 1.29 is 29.7 Å². The number of benzene rings is 6. The van der Waals surface area contributed by atoms with E-state index in [9.17, 15) is 0 Å². The molecule has 0 aromatic heterocycles. The minimum absolute atomic E-state index is 0. The molecule has 0 aliphatic heterocycles. The first-order chi connectivity index (χ1) is 23.4. The third-order valence-corrected chi connectivity index (χ3v) is 23.2. The van der Waals surface area contributed by atoms with E-state index in [4.69, 9.17) is 9.30 Å². The van der Waals surface area contributed by atoms with Gasteiger partial charge in [0.15, 0.2) is 0 Å². The summed E-state index contributed by atoms with van der Waals surface area (Å²) < 4.78 is 24.2. The van der Waals surface area contributed by atoms with Gasteiger partial charge in [-0.1, -0.05) is 32.1 Å². The Labute approximate surface area is 315 Å². The molecule has 7 rings (SSSR count). The predicted octanol–water partition coefficient (Wildman–Crippen LogP) is 6.28. The predicted molar refractivity (Wildman–Crippen MR) is 199 cm³/mol. The van der Waals surface area contributed by atoms with Crippen LogP contribution in [0.4, 0.5) is 0 Å². The van der Waals surface area contributed by atoms with Crippen molar-refractivity contribution in [1.82, 2.24) is 0 Å². The molecule has 0 amide bonds. The van der Waals surface area contributed by atoms with Gasteiger partial charge in [-0.3, -0.25) is 0 Å². The van der Waals surface area contributed by atoms with E-state index in [1.54, 1.807) is 0 Å². The van der Waals surface area contributed by atoms with E-state index in [1.165, 1.54) is 53.6 Å². The van der Waals surface area contributed by atoms with E-state index >= 15 is 0 Å². The Balaban J connectivity index is 0.000000263. The van der Waals surface area contributed by atoms with Crippen molar-refractivity contribution in [1.29, 1.82) is 0 Å². The molecule has 6 aromatic rings. The molecular weight excluding hydrogens is 972 g/mol. The Hall–Kier alpha value is -2.94. The van der Waals surface area contributed by atoms with E-state index in [-0.39, 0.29) is 20.4 Å². The summed E-state index contributed by atoms with van der Waals surface area (Å²) in [7, 11) is 0. The van der Waals surface area contributed by atoms with E-state index in [2.05, 4.69) is 195 Å². The molecule has 5 heteroatoms.